The molecule has 1 aromatic rings. The molecule has 1 aromatic heterocycles. The normalized spacial score (nSPS) is 19.4. The van der Waals surface area contributed by atoms with Gasteiger partial charge in [-0.05, 0) is 31.9 Å². The van der Waals surface area contributed by atoms with Gasteiger partial charge in [-0.25, -0.2) is 9.59 Å². The number of piperidine rings is 1. The number of hydrogen-bond acceptors (Lipinski definition) is 5. The van der Waals surface area contributed by atoms with Gasteiger partial charge in [-0.15, -0.1) is 0 Å². The first-order valence-electron chi connectivity index (χ1n) is 9.38. The minimum absolute atomic E-state index is 0.0434. The van der Waals surface area contributed by atoms with Crippen LogP contribution in [0.4, 0.5) is 9.59 Å². The van der Waals surface area contributed by atoms with Gasteiger partial charge in [0, 0.05) is 45.3 Å². The molecule has 144 valence electrons. The topological polar surface area (TPSA) is 78.3 Å². The maximum atomic E-state index is 12.3. The average molecular weight is 364 g/mol. The lowest BCUT2D eigenvalue weighted by atomic mass is 10.0. The second-order valence-electron chi connectivity index (χ2n) is 6.68. The summed E-state index contributed by atoms with van der Waals surface area (Å²) in [5, 5.41) is 2.90. The summed E-state index contributed by atoms with van der Waals surface area (Å²) >= 11 is 0. The number of likely N-dealkylation sites (tertiary alicyclic amines) is 1. The summed E-state index contributed by atoms with van der Waals surface area (Å²) in [4.78, 5) is 30.1. The van der Waals surface area contributed by atoms with E-state index >= 15 is 0 Å². The van der Waals surface area contributed by atoms with Gasteiger partial charge in [0.05, 0.1) is 19.4 Å². The summed E-state index contributed by atoms with van der Waals surface area (Å²) in [6.45, 7) is 7.34. The van der Waals surface area contributed by atoms with Crippen LogP contribution in [0.3, 0.4) is 0 Å². The van der Waals surface area contributed by atoms with E-state index < -0.39 is 0 Å². The van der Waals surface area contributed by atoms with E-state index in [4.69, 9.17) is 9.15 Å². The first kappa shape index (κ1) is 18.6. The molecule has 0 saturated carbocycles. The van der Waals surface area contributed by atoms with Crippen molar-refractivity contribution < 1.29 is 18.7 Å². The van der Waals surface area contributed by atoms with E-state index in [0.717, 1.165) is 57.9 Å². The second kappa shape index (κ2) is 8.93. The number of furan rings is 1. The van der Waals surface area contributed by atoms with E-state index in [9.17, 15) is 9.59 Å². The monoisotopic (exact) mass is 364 g/mol. The van der Waals surface area contributed by atoms with Gasteiger partial charge in [0.15, 0.2) is 0 Å². The van der Waals surface area contributed by atoms with E-state index in [-0.39, 0.29) is 12.1 Å². The molecule has 0 bridgehead atoms. The quantitative estimate of drug-likeness (QED) is 0.880. The third-order valence-corrected chi connectivity index (χ3v) is 5.10. The molecule has 2 aliphatic rings. The van der Waals surface area contributed by atoms with E-state index in [0.29, 0.717) is 19.2 Å². The standard InChI is InChI=1S/C18H28N4O4/c1-2-25-18(24)22-7-5-15(6-8-22)20-9-11-21(12-10-20)17(23)19-14-16-4-3-13-26-16/h3-4,13,15H,2,5-12,14H2,1H3,(H,19,23). The van der Waals surface area contributed by atoms with E-state index in [1.165, 1.54) is 0 Å². The zero-order valence-corrected chi connectivity index (χ0v) is 15.4. The van der Waals surface area contributed by atoms with Crippen molar-refractivity contribution in [3.63, 3.8) is 0 Å². The highest BCUT2D eigenvalue weighted by molar-refractivity contribution is 5.74. The molecule has 2 fully saturated rings. The van der Waals surface area contributed by atoms with Crippen LogP contribution in [-0.2, 0) is 11.3 Å². The molecule has 8 heteroatoms. The predicted octanol–water partition coefficient (Wildman–Crippen LogP) is 1.73. The van der Waals surface area contributed by atoms with Gasteiger partial charge in [-0.2, -0.15) is 0 Å². The van der Waals surface area contributed by atoms with E-state index in [1.807, 2.05) is 24.0 Å². The maximum absolute atomic E-state index is 12.3. The van der Waals surface area contributed by atoms with Gasteiger partial charge >= 0.3 is 12.1 Å². The Hall–Kier alpha value is -2.22. The van der Waals surface area contributed by atoms with Crippen molar-refractivity contribution in [2.45, 2.75) is 32.4 Å². The highest BCUT2D eigenvalue weighted by Crippen LogP contribution is 2.19. The van der Waals surface area contributed by atoms with Gasteiger partial charge in [-0.1, -0.05) is 0 Å². The number of piperazine rings is 1. The average Bonchev–Trinajstić information content (AvgIpc) is 3.20. The number of nitrogens with one attached hydrogen (secondary N) is 1. The summed E-state index contributed by atoms with van der Waals surface area (Å²) in [7, 11) is 0. The SMILES string of the molecule is CCOC(=O)N1CCC(N2CCN(C(=O)NCc3ccco3)CC2)CC1. The van der Waals surface area contributed by atoms with Crippen molar-refractivity contribution in [1.82, 2.24) is 20.0 Å². The van der Waals surface area contributed by atoms with E-state index in [2.05, 4.69) is 10.2 Å². The van der Waals surface area contributed by atoms with Crippen LogP contribution >= 0.6 is 0 Å². The third-order valence-electron chi connectivity index (χ3n) is 5.10. The van der Waals surface area contributed by atoms with Crippen LogP contribution in [0, 0.1) is 0 Å². The third kappa shape index (κ3) is 4.69. The summed E-state index contributed by atoms with van der Waals surface area (Å²) in [6.07, 6.45) is 3.32. The molecule has 26 heavy (non-hydrogen) atoms. The molecule has 3 heterocycles. The molecule has 2 saturated heterocycles. The number of hydrogen-bond donors (Lipinski definition) is 1. The minimum atomic E-state index is -0.205. The fourth-order valence-corrected chi connectivity index (χ4v) is 3.61. The predicted molar refractivity (Wildman–Crippen MR) is 95.7 cm³/mol. The summed E-state index contributed by atoms with van der Waals surface area (Å²) < 4.78 is 10.3. The summed E-state index contributed by atoms with van der Waals surface area (Å²) in [6, 6.07) is 4.10. The first-order valence-corrected chi connectivity index (χ1v) is 9.38. The highest BCUT2D eigenvalue weighted by atomic mass is 16.6. The number of carbonyl (C=O) groups excluding carboxylic acids is 2. The Kier molecular flexibility index (Phi) is 6.38. The Balaban J connectivity index is 1.37. The summed E-state index contributed by atoms with van der Waals surface area (Å²) in [5.74, 6) is 0.755. The Labute approximate surface area is 154 Å². The number of urea groups is 1. The Morgan fingerprint density at radius 1 is 1.15 bits per heavy atom. The number of carbonyl (C=O) groups is 2. The molecule has 2 aliphatic heterocycles. The lowest BCUT2D eigenvalue weighted by molar-refractivity contribution is 0.0567. The van der Waals surface area contributed by atoms with Gasteiger partial charge in [-0.3, -0.25) is 4.90 Å². The lowest BCUT2D eigenvalue weighted by Crippen LogP contribution is -2.56. The number of nitrogens with zero attached hydrogens (tertiary/aromatic N) is 3. The molecule has 0 aliphatic carbocycles. The van der Waals surface area contributed by atoms with Gasteiger partial charge < -0.3 is 24.3 Å². The Bertz CT molecular complexity index is 576. The van der Waals surface area contributed by atoms with E-state index in [1.54, 1.807) is 11.2 Å². The Morgan fingerprint density at radius 3 is 2.50 bits per heavy atom. The van der Waals surface area contributed by atoms with Crippen molar-refractivity contribution in [2.24, 2.45) is 0 Å². The van der Waals surface area contributed by atoms with Crippen molar-refractivity contribution in [3.8, 4) is 0 Å². The lowest BCUT2D eigenvalue weighted by Gasteiger charge is -2.42. The molecular weight excluding hydrogens is 336 g/mol. The van der Waals surface area contributed by atoms with Crippen molar-refractivity contribution in [2.75, 3.05) is 45.9 Å². The fourth-order valence-electron chi connectivity index (χ4n) is 3.61. The Morgan fingerprint density at radius 2 is 1.88 bits per heavy atom. The number of rotatable bonds is 4. The zero-order chi connectivity index (χ0) is 18.4. The molecule has 8 nitrogen and oxygen atoms in total. The zero-order valence-electron chi connectivity index (χ0n) is 15.4. The fraction of sp³-hybridized carbons (Fsp3) is 0.667. The second-order valence-corrected chi connectivity index (χ2v) is 6.68. The van der Waals surface area contributed by atoms with Crippen LogP contribution in [0.1, 0.15) is 25.5 Å². The van der Waals surface area contributed by atoms with Crippen LogP contribution in [0.25, 0.3) is 0 Å². The number of ether oxygens (including phenoxy) is 1. The van der Waals surface area contributed by atoms with Crippen LogP contribution in [-0.4, -0.2) is 78.7 Å². The number of amides is 3. The molecule has 0 radical (unpaired) electrons. The largest absolute Gasteiger partial charge is 0.467 e. The maximum Gasteiger partial charge on any atom is 0.409 e. The molecule has 0 spiro atoms. The van der Waals surface area contributed by atoms with Crippen LogP contribution < -0.4 is 5.32 Å². The van der Waals surface area contributed by atoms with Gasteiger partial charge in [0.1, 0.15) is 5.76 Å². The highest BCUT2D eigenvalue weighted by Gasteiger charge is 2.30. The van der Waals surface area contributed by atoms with Gasteiger partial charge in [0.2, 0.25) is 0 Å². The molecule has 3 amide bonds. The summed E-state index contributed by atoms with van der Waals surface area (Å²) in [5.41, 5.74) is 0. The van der Waals surface area contributed by atoms with Crippen molar-refractivity contribution in [3.05, 3.63) is 24.2 Å². The molecule has 1 N–H and O–H groups in total. The van der Waals surface area contributed by atoms with Crippen LogP contribution in [0.5, 0.6) is 0 Å². The minimum Gasteiger partial charge on any atom is -0.467 e. The smallest absolute Gasteiger partial charge is 0.409 e. The molecular formula is C18H28N4O4. The molecule has 3 rings (SSSR count). The molecule has 0 unspecified atom stereocenters. The molecule has 0 atom stereocenters. The first-order chi connectivity index (χ1) is 12.7. The van der Waals surface area contributed by atoms with Crippen molar-refractivity contribution in [1.29, 1.82) is 0 Å². The van der Waals surface area contributed by atoms with Crippen LogP contribution in [0.2, 0.25) is 0 Å². The van der Waals surface area contributed by atoms with Crippen LogP contribution in [0.15, 0.2) is 22.8 Å². The van der Waals surface area contributed by atoms with Crippen molar-refractivity contribution >= 4 is 12.1 Å². The van der Waals surface area contributed by atoms with Gasteiger partial charge in [0.25, 0.3) is 0 Å². The molecule has 0 aromatic carbocycles.